The summed E-state index contributed by atoms with van der Waals surface area (Å²) in [6, 6.07) is -0.528. The highest BCUT2D eigenvalue weighted by Crippen LogP contribution is 2.25. The van der Waals surface area contributed by atoms with Crippen LogP contribution in [0.4, 0.5) is 5.95 Å². The molecule has 1 atom stereocenters. The van der Waals surface area contributed by atoms with Gasteiger partial charge in [-0.15, -0.1) is 0 Å². The first-order valence-electron chi connectivity index (χ1n) is 5.78. The molecule has 0 aliphatic rings. The Kier molecular flexibility index (Phi) is 2.98. The van der Waals surface area contributed by atoms with Crippen molar-refractivity contribution >= 4 is 23.1 Å². The van der Waals surface area contributed by atoms with Gasteiger partial charge >= 0.3 is 5.97 Å². The van der Waals surface area contributed by atoms with Crippen molar-refractivity contribution in [3.8, 4) is 0 Å². The van der Waals surface area contributed by atoms with Crippen LogP contribution in [0.25, 0.3) is 11.2 Å². The first-order chi connectivity index (χ1) is 8.51. The maximum atomic E-state index is 11.6. The third-order valence-electron chi connectivity index (χ3n) is 3.03. The number of methoxy groups -OCH3 is 1. The van der Waals surface area contributed by atoms with Gasteiger partial charge in [0.1, 0.15) is 11.6 Å². The Morgan fingerprint density at radius 2 is 2.22 bits per heavy atom. The number of rotatable bonds is 3. The molecule has 7 heteroatoms. The van der Waals surface area contributed by atoms with Crippen molar-refractivity contribution in [3.05, 3.63) is 5.69 Å². The zero-order valence-corrected chi connectivity index (χ0v) is 11.0. The van der Waals surface area contributed by atoms with Gasteiger partial charge in [-0.3, -0.25) is 9.25 Å². The van der Waals surface area contributed by atoms with Crippen LogP contribution in [0, 0.1) is 0 Å². The van der Waals surface area contributed by atoms with Gasteiger partial charge in [-0.25, -0.2) is 9.78 Å². The number of anilines is 1. The third-order valence-corrected chi connectivity index (χ3v) is 3.03. The molecule has 98 valence electrons. The van der Waals surface area contributed by atoms with E-state index < -0.39 is 6.04 Å². The van der Waals surface area contributed by atoms with E-state index in [4.69, 9.17) is 10.5 Å². The number of nitrogen functional groups attached to an aromatic ring is 1. The van der Waals surface area contributed by atoms with Gasteiger partial charge in [0.05, 0.1) is 12.8 Å². The zero-order valence-electron chi connectivity index (χ0n) is 11.0. The minimum atomic E-state index is -0.528. The van der Waals surface area contributed by atoms with Crippen molar-refractivity contribution in [3.63, 3.8) is 0 Å². The third kappa shape index (κ3) is 1.62. The molecule has 0 aromatic carbocycles. The van der Waals surface area contributed by atoms with Crippen LogP contribution >= 0.6 is 0 Å². The van der Waals surface area contributed by atoms with E-state index in [1.165, 1.54) is 7.11 Å². The van der Waals surface area contributed by atoms with E-state index in [1.807, 2.05) is 14.0 Å². The van der Waals surface area contributed by atoms with Crippen LogP contribution in [-0.4, -0.2) is 32.4 Å². The summed E-state index contributed by atoms with van der Waals surface area (Å²) in [5, 5.41) is 4.36. The van der Waals surface area contributed by atoms with Crippen molar-refractivity contribution in [1.82, 2.24) is 19.3 Å². The fraction of sp³-hybridized carbons (Fsp3) is 0.545. The number of fused-ring (bicyclic) bond motifs is 1. The monoisotopic (exact) mass is 251 g/mol. The number of ether oxygens (including phenoxy) is 1. The lowest BCUT2D eigenvalue weighted by Crippen LogP contribution is -2.20. The first kappa shape index (κ1) is 12.4. The van der Waals surface area contributed by atoms with Gasteiger partial charge in [0.25, 0.3) is 0 Å². The fourth-order valence-electron chi connectivity index (χ4n) is 2.12. The Bertz CT molecular complexity index is 598. The number of carbonyl (C=O) groups excluding carboxylic acids is 1. The van der Waals surface area contributed by atoms with Gasteiger partial charge in [0, 0.05) is 7.05 Å². The largest absolute Gasteiger partial charge is 0.467 e. The van der Waals surface area contributed by atoms with Gasteiger partial charge in [0.2, 0.25) is 5.95 Å². The lowest BCUT2D eigenvalue weighted by Gasteiger charge is -2.13. The molecule has 1 unspecified atom stereocenters. The molecule has 18 heavy (non-hydrogen) atoms. The van der Waals surface area contributed by atoms with E-state index in [9.17, 15) is 4.79 Å². The number of carbonyl (C=O) groups is 1. The molecular weight excluding hydrogens is 234 g/mol. The van der Waals surface area contributed by atoms with Gasteiger partial charge < -0.3 is 10.5 Å². The molecule has 2 aromatic rings. The molecule has 0 fully saturated rings. The predicted octanol–water partition coefficient (Wildman–Crippen LogP) is 0.648. The Hall–Kier alpha value is -2.05. The molecule has 0 radical (unpaired) electrons. The van der Waals surface area contributed by atoms with E-state index in [1.54, 1.807) is 16.2 Å². The molecule has 0 aliphatic carbocycles. The van der Waals surface area contributed by atoms with Crippen LogP contribution in [-0.2, 0) is 23.0 Å². The van der Waals surface area contributed by atoms with Crippen LogP contribution < -0.4 is 5.73 Å². The molecule has 0 saturated heterocycles. The summed E-state index contributed by atoms with van der Waals surface area (Å²) >= 11 is 0. The highest BCUT2D eigenvalue weighted by Gasteiger charge is 2.24. The van der Waals surface area contributed by atoms with E-state index in [2.05, 4.69) is 10.1 Å². The van der Waals surface area contributed by atoms with E-state index >= 15 is 0 Å². The lowest BCUT2D eigenvalue weighted by molar-refractivity contribution is -0.143. The second kappa shape index (κ2) is 4.32. The molecule has 0 amide bonds. The van der Waals surface area contributed by atoms with Crippen molar-refractivity contribution in [2.75, 3.05) is 12.8 Å². The summed E-state index contributed by atoms with van der Waals surface area (Å²) < 4.78 is 8.08. The first-order valence-corrected chi connectivity index (χ1v) is 5.78. The topological polar surface area (TPSA) is 88.0 Å². The van der Waals surface area contributed by atoms with Gasteiger partial charge in [-0.2, -0.15) is 5.10 Å². The minimum Gasteiger partial charge on any atom is -0.467 e. The molecule has 0 aliphatic heterocycles. The Morgan fingerprint density at radius 1 is 1.56 bits per heavy atom. The molecule has 2 heterocycles. The summed E-state index contributed by atoms with van der Waals surface area (Å²) in [6.45, 7) is 3.72. The minimum absolute atomic E-state index is 0.297. The lowest BCUT2D eigenvalue weighted by atomic mass is 10.3. The number of hydrogen-bond donors (Lipinski definition) is 1. The molecule has 0 bridgehead atoms. The average molecular weight is 251 g/mol. The predicted molar refractivity (Wildman–Crippen MR) is 67.0 cm³/mol. The number of esters is 1. The quantitative estimate of drug-likeness (QED) is 0.809. The SMILES string of the molecule is CCc1nn(C)c2c1nc(N)n2C(C)C(=O)OC. The molecule has 2 aromatic heterocycles. The van der Waals surface area contributed by atoms with Gasteiger partial charge in [-0.05, 0) is 13.3 Å². The van der Waals surface area contributed by atoms with Crippen molar-refractivity contribution in [1.29, 1.82) is 0 Å². The van der Waals surface area contributed by atoms with Crippen LogP contribution in [0.5, 0.6) is 0 Å². The molecule has 2 N–H and O–H groups in total. The molecule has 0 spiro atoms. The van der Waals surface area contributed by atoms with Crippen molar-refractivity contribution in [2.24, 2.45) is 7.05 Å². The standard InChI is InChI=1S/C11H17N5O2/c1-5-7-8-9(15(3)14-7)16(11(12)13-8)6(2)10(17)18-4/h6H,5H2,1-4H3,(H2,12,13). The fourth-order valence-corrected chi connectivity index (χ4v) is 2.12. The summed E-state index contributed by atoms with van der Waals surface area (Å²) in [5.74, 6) is -0.0640. The van der Waals surface area contributed by atoms with Crippen LogP contribution in [0.15, 0.2) is 0 Å². The number of hydrogen-bond acceptors (Lipinski definition) is 5. The number of aryl methyl sites for hydroxylation is 2. The Morgan fingerprint density at radius 3 is 2.78 bits per heavy atom. The summed E-state index contributed by atoms with van der Waals surface area (Å²) in [7, 11) is 3.16. The highest BCUT2D eigenvalue weighted by molar-refractivity contribution is 5.82. The maximum Gasteiger partial charge on any atom is 0.328 e. The van der Waals surface area contributed by atoms with Gasteiger partial charge in [0.15, 0.2) is 5.65 Å². The number of aromatic nitrogens is 4. The Balaban J connectivity index is 2.67. The molecule has 2 rings (SSSR count). The number of imidazole rings is 1. The summed E-state index contributed by atoms with van der Waals surface area (Å²) in [6.07, 6.45) is 0.764. The zero-order chi connectivity index (χ0) is 13.4. The summed E-state index contributed by atoms with van der Waals surface area (Å²) in [4.78, 5) is 15.9. The summed E-state index contributed by atoms with van der Waals surface area (Å²) in [5.41, 5.74) is 8.24. The van der Waals surface area contributed by atoms with E-state index in [0.29, 0.717) is 5.95 Å². The number of nitrogens with zero attached hydrogens (tertiary/aromatic N) is 4. The van der Waals surface area contributed by atoms with E-state index in [0.717, 1.165) is 23.3 Å². The van der Waals surface area contributed by atoms with Crippen molar-refractivity contribution in [2.45, 2.75) is 26.3 Å². The van der Waals surface area contributed by atoms with Crippen molar-refractivity contribution < 1.29 is 9.53 Å². The number of nitrogens with two attached hydrogens (primary N) is 1. The maximum absolute atomic E-state index is 11.6. The van der Waals surface area contributed by atoms with Gasteiger partial charge in [-0.1, -0.05) is 6.92 Å². The second-order valence-corrected chi connectivity index (χ2v) is 4.14. The molecular formula is C11H17N5O2. The van der Waals surface area contributed by atoms with Crippen LogP contribution in [0.3, 0.4) is 0 Å². The van der Waals surface area contributed by atoms with E-state index in [-0.39, 0.29) is 5.97 Å². The smallest absolute Gasteiger partial charge is 0.328 e. The molecule has 7 nitrogen and oxygen atoms in total. The molecule has 0 saturated carbocycles. The average Bonchev–Trinajstić information content (AvgIpc) is 2.84. The normalized spacial score (nSPS) is 12.9. The second-order valence-electron chi connectivity index (χ2n) is 4.14. The Labute approximate surface area is 105 Å². The van der Waals surface area contributed by atoms with Crippen LogP contribution in [0.1, 0.15) is 25.6 Å². The van der Waals surface area contributed by atoms with Crippen LogP contribution in [0.2, 0.25) is 0 Å². The highest BCUT2D eigenvalue weighted by atomic mass is 16.5.